The van der Waals surface area contributed by atoms with Gasteiger partial charge in [-0.05, 0) is 38.2 Å². The number of methoxy groups -OCH3 is 3. The van der Waals surface area contributed by atoms with Gasteiger partial charge in [0.2, 0.25) is 5.75 Å². The van der Waals surface area contributed by atoms with E-state index in [1.807, 2.05) is 12.1 Å². The summed E-state index contributed by atoms with van der Waals surface area (Å²) in [6, 6.07) is 3.92. The molecule has 0 atom stereocenters. The molecule has 25 heavy (non-hydrogen) atoms. The first-order valence-electron chi connectivity index (χ1n) is 8.53. The number of aliphatic imine (C=N–C) groups is 1. The van der Waals surface area contributed by atoms with Crippen LogP contribution in [-0.2, 0) is 6.42 Å². The molecule has 0 radical (unpaired) electrons. The van der Waals surface area contributed by atoms with Gasteiger partial charge in [-0.1, -0.05) is 6.07 Å². The number of hydrogen-bond donors (Lipinski definition) is 2. The molecule has 142 valence electrons. The van der Waals surface area contributed by atoms with Crippen molar-refractivity contribution in [1.29, 1.82) is 0 Å². The first-order chi connectivity index (χ1) is 11.7. The molecular weight excluding hydrogens is 433 g/mol. The number of nitrogens with zero attached hydrogens (tertiary/aromatic N) is 1. The standard InChI is InChI=1S/C18H29N3O3.HI/c1-5-19-18(21-12-13-6-7-13)20-11-10-14-8-9-15(22-2)17(24-4)16(14)23-3;/h8-9,13H,5-7,10-12H2,1-4H3,(H2,19,20,21);1H. The average molecular weight is 463 g/mol. The van der Waals surface area contributed by atoms with Crippen molar-refractivity contribution >= 4 is 29.9 Å². The number of rotatable bonds is 9. The molecule has 0 spiro atoms. The Labute approximate surface area is 167 Å². The van der Waals surface area contributed by atoms with Crippen LogP contribution in [-0.4, -0.2) is 46.9 Å². The van der Waals surface area contributed by atoms with E-state index >= 15 is 0 Å². The molecule has 7 heteroatoms. The molecule has 0 bridgehead atoms. The van der Waals surface area contributed by atoms with Crippen molar-refractivity contribution in [2.45, 2.75) is 26.2 Å². The van der Waals surface area contributed by atoms with Crippen LogP contribution in [0.25, 0.3) is 0 Å². The van der Waals surface area contributed by atoms with E-state index < -0.39 is 0 Å². The second-order valence-corrected chi connectivity index (χ2v) is 5.83. The largest absolute Gasteiger partial charge is 0.493 e. The Balaban J connectivity index is 0.00000312. The minimum absolute atomic E-state index is 0. The maximum atomic E-state index is 5.52. The molecule has 6 nitrogen and oxygen atoms in total. The van der Waals surface area contributed by atoms with Crippen molar-refractivity contribution in [2.75, 3.05) is 41.0 Å². The highest BCUT2D eigenvalue weighted by Crippen LogP contribution is 2.39. The molecular formula is C18H30IN3O3. The lowest BCUT2D eigenvalue weighted by Gasteiger charge is -2.16. The van der Waals surface area contributed by atoms with Gasteiger partial charge in [0.25, 0.3) is 0 Å². The van der Waals surface area contributed by atoms with Gasteiger partial charge in [0, 0.05) is 25.2 Å². The lowest BCUT2D eigenvalue weighted by Crippen LogP contribution is -2.38. The summed E-state index contributed by atoms with van der Waals surface area (Å²) in [6.07, 6.45) is 3.43. The summed E-state index contributed by atoms with van der Waals surface area (Å²) in [5.74, 6) is 3.69. The van der Waals surface area contributed by atoms with E-state index in [1.165, 1.54) is 12.8 Å². The molecule has 2 N–H and O–H groups in total. The highest BCUT2D eigenvalue weighted by atomic mass is 127. The van der Waals surface area contributed by atoms with Crippen molar-refractivity contribution in [3.05, 3.63) is 17.7 Å². The number of guanidine groups is 1. The summed E-state index contributed by atoms with van der Waals surface area (Å²) in [6.45, 7) is 4.61. The van der Waals surface area contributed by atoms with Crippen LogP contribution >= 0.6 is 24.0 Å². The van der Waals surface area contributed by atoms with Crippen LogP contribution in [0.4, 0.5) is 0 Å². The summed E-state index contributed by atoms with van der Waals surface area (Å²) in [4.78, 5) is 4.63. The zero-order valence-electron chi connectivity index (χ0n) is 15.6. The smallest absolute Gasteiger partial charge is 0.203 e. The molecule has 1 saturated carbocycles. The normalized spacial score (nSPS) is 13.7. The molecule has 0 aliphatic heterocycles. The topological polar surface area (TPSA) is 64.1 Å². The Morgan fingerprint density at radius 1 is 1.08 bits per heavy atom. The number of ether oxygens (including phenoxy) is 3. The molecule has 0 heterocycles. The molecule has 1 fully saturated rings. The van der Waals surface area contributed by atoms with Gasteiger partial charge in [0.05, 0.1) is 21.3 Å². The van der Waals surface area contributed by atoms with Gasteiger partial charge >= 0.3 is 0 Å². The monoisotopic (exact) mass is 463 g/mol. The van der Waals surface area contributed by atoms with E-state index in [2.05, 4.69) is 22.5 Å². The molecule has 1 aliphatic carbocycles. The fourth-order valence-electron chi connectivity index (χ4n) is 2.54. The van der Waals surface area contributed by atoms with Gasteiger partial charge in [-0.2, -0.15) is 0 Å². The third-order valence-corrected chi connectivity index (χ3v) is 4.02. The number of nitrogens with one attached hydrogen (secondary N) is 2. The first kappa shape index (κ1) is 21.7. The van der Waals surface area contributed by atoms with Crippen LogP contribution in [0, 0.1) is 5.92 Å². The van der Waals surface area contributed by atoms with Gasteiger partial charge in [-0.25, -0.2) is 0 Å². The van der Waals surface area contributed by atoms with Gasteiger partial charge < -0.3 is 24.8 Å². The van der Waals surface area contributed by atoms with Crippen LogP contribution in [0.5, 0.6) is 17.2 Å². The summed E-state index contributed by atoms with van der Waals surface area (Å²) < 4.78 is 16.3. The lowest BCUT2D eigenvalue weighted by atomic mass is 10.1. The van der Waals surface area contributed by atoms with E-state index in [0.717, 1.165) is 49.2 Å². The van der Waals surface area contributed by atoms with Crippen molar-refractivity contribution in [1.82, 2.24) is 10.6 Å². The number of benzene rings is 1. The zero-order chi connectivity index (χ0) is 17.4. The predicted octanol–water partition coefficient (Wildman–Crippen LogP) is 2.84. The van der Waals surface area contributed by atoms with Crippen molar-refractivity contribution in [3.8, 4) is 17.2 Å². The fraction of sp³-hybridized carbons (Fsp3) is 0.611. The van der Waals surface area contributed by atoms with Gasteiger partial charge in [0.1, 0.15) is 0 Å². The molecule has 2 rings (SSSR count). The first-order valence-corrected chi connectivity index (χ1v) is 8.53. The number of hydrogen-bond acceptors (Lipinski definition) is 4. The van der Waals surface area contributed by atoms with E-state index in [9.17, 15) is 0 Å². The fourth-order valence-corrected chi connectivity index (χ4v) is 2.54. The second kappa shape index (κ2) is 11.3. The minimum atomic E-state index is 0. The van der Waals surface area contributed by atoms with Crippen molar-refractivity contribution in [3.63, 3.8) is 0 Å². The molecule has 1 aliphatic rings. The van der Waals surface area contributed by atoms with Crippen molar-refractivity contribution in [2.24, 2.45) is 10.9 Å². The summed E-state index contributed by atoms with van der Waals surface area (Å²) in [5.41, 5.74) is 1.07. The molecule has 0 amide bonds. The van der Waals surface area contributed by atoms with Crippen molar-refractivity contribution < 1.29 is 14.2 Å². The Morgan fingerprint density at radius 3 is 2.36 bits per heavy atom. The quantitative estimate of drug-likeness (QED) is 0.335. The summed E-state index contributed by atoms with van der Waals surface area (Å²) in [5, 5.41) is 6.67. The van der Waals surface area contributed by atoms with E-state index in [-0.39, 0.29) is 24.0 Å². The van der Waals surface area contributed by atoms with Crippen LogP contribution in [0.2, 0.25) is 0 Å². The van der Waals surface area contributed by atoms with Gasteiger partial charge in [-0.15, -0.1) is 24.0 Å². The van der Waals surface area contributed by atoms with E-state index in [1.54, 1.807) is 21.3 Å². The SMILES string of the molecule is CCNC(=NCC1CC1)NCCc1ccc(OC)c(OC)c1OC.I. The molecule has 0 unspecified atom stereocenters. The van der Waals surface area contributed by atoms with E-state index in [4.69, 9.17) is 14.2 Å². The third kappa shape index (κ3) is 6.45. The lowest BCUT2D eigenvalue weighted by molar-refractivity contribution is 0.322. The predicted molar refractivity (Wildman–Crippen MR) is 112 cm³/mol. The maximum absolute atomic E-state index is 5.52. The van der Waals surface area contributed by atoms with E-state index in [0.29, 0.717) is 11.5 Å². The highest BCUT2D eigenvalue weighted by molar-refractivity contribution is 14.0. The van der Waals surface area contributed by atoms with Crippen LogP contribution in [0.3, 0.4) is 0 Å². The second-order valence-electron chi connectivity index (χ2n) is 5.83. The molecule has 0 saturated heterocycles. The molecule has 0 aromatic heterocycles. The zero-order valence-corrected chi connectivity index (χ0v) is 17.9. The van der Waals surface area contributed by atoms with Crippen LogP contribution in [0.15, 0.2) is 17.1 Å². The number of halogens is 1. The Bertz CT molecular complexity index is 563. The Hall–Kier alpha value is -1.38. The summed E-state index contributed by atoms with van der Waals surface area (Å²) >= 11 is 0. The molecule has 1 aromatic rings. The van der Waals surface area contributed by atoms with Crippen LogP contribution < -0.4 is 24.8 Å². The minimum Gasteiger partial charge on any atom is -0.493 e. The van der Waals surface area contributed by atoms with Gasteiger partial charge in [0.15, 0.2) is 17.5 Å². The molecule has 1 aromatic carbocycles. The third-order valence-electron chi connectivity index (χ3n) is 4.02. The average Bonchev–Trinajstić information content (AvgIpc) is 3.43. The Morgan fingerprint density at radius 2 is 1.80 bits per heavy atom. The highest BCUT2D eigenvalue weighted by Gasteiger charge is 2.20. The maximum Gasteiger partial charge on any atom is 0.203 e. The van der Waals surface area contributed by atoms with Gasteiger partial charge in [-0.3, -0.25) is 4.99 Å². The van der Waals surface area contributed by atoms with Crippen LogP contribution in [0.1, 0.15) is 25.3 Å². The Kier molecular flexibility index (Phi) is 9.77. The summed E-state index contributed by atoms with van der Waals surface area (Å²) in [7, 11) is 4.89.